The summed E-state index contributed by atoms with van der Waals surface area (Å²) in [5.41, 5.74) is 0. The van der Waals surface area contributed by atoms with E-state index in [-0.39, 0.29) is 0 Å². The fourth-order valence-corrected chi connectivity index (χ4v) is 0.957. The number of hydrogen-bond donors (Lipinski definition) is 0. The Morgan fingerprint density at radius 2 is 1.42 bits per heavy atom. The summed E-state index contributed by atoms with van der Waals surface area (Å²) in [4.78, 5) is 0. The zero-order chi connectivity index (χ0) is 10.0. The second-order valence-electron chi connectivity index (χ2n) is 2.41. The summed E-state index contributed by atoms with van der Waals surface area (Å²) in [7, 11) is -3.92. The Bertz CT molecular complexity index is 76.1. The molecule has 0 fully saturated rings. The monoisotopic (exact) mass is 206 g/mol. The van der Waals surface area contributed by atoms with Crippen LogP contribution in [0.2, 0.25) is 0 Å². The minimum Gasteiger partial charge on any atom is -0.418 e. The van der Waals surface area contributed by atoms with Gasteiger partial charge in [0.25, 0.3) is 0 Å². The second kappa shape index (κ2) is 9.30. The van der Waals surface area contributed by atoms with Crippen LogP contribution in [0.4, 0.5) is 17.3 Å². The van der Waals surface area contributed by atoms with E-state index >= 15 is 0 Å². The van der Waals surface area contributed by atoms with E-state index in [1.165, 1.54) is 31.8 Å². The minimum absolute atomic E-state index is 1.36. The highest BCUT2D eigenvalue weighted by molar-refractivity contribution is 7.16. The topological polar surface area (TPSA) is 0 Å². The van der Waals surface area contributed by atoms with Crippen molar-refractivity contribution >= 4 is 16.5 Å². The summed E-state index contributed by atoms with van der Waals surface area (Å²) in [6.07, 6.45) is 7.06. The first kappa shape index (κ1) is 14.7. The summed E-state index contributed by atoms with van der Waals surface area (Å²) in [5, 5.41) is 0. The first-order valence-corrected chi connectivity index (χ1v) is 5.08. The van der Waals surface area contributed by atoms with Gasteiger partial charge in [-0.05, 0) is 22.1 Å². The van der Waals surface area contributed by atoms with Crippen LogP contribution >= 0.6 is 9.24 Å². The van der Waals surface area contributed by atoms with Crippen molar-refractivity contribution in [2.24, 2.45) is 0 Å². The highest BCUT2D eigenvalue weighted by Gasteiger charge is 2.20. The van der Waals surface area contributed by atoms with Crippen LogP contribution in [0.5, 0.6) is 0 Å². The van der Waals surface area contributed by atoms with E-state index in [1.807, 2.05) is 0 Å². The molecular weight excluding hydrogens is 190 g/mol. The molecule has 0 N–H and O–H groups in total. The zero-order valence-corrected chi connectivity index (χ0v) is 8.75. The fraction of sp³-hybridized carbons (Fsp3) is 1.00. The molecule has 0 aromatic carbocycles. The molecule has 0 aromatic heterocycles. The highest BCUT2D eigenvalue weighted by Crippen LogP contribution is 2.06. The molecule has 1 atom stereocenters. The van der Waals surface area contributed by atoms with Gasteiger partial charge >= 0.3 is 7.25 Å². The molecule has 0 nitrogen and oxygen atoms in total. The van der Waals surface area contributed by atoms with Gasteiger partial charge in [0, 0.05) is 0 Å². The predicted molar refractivity (Wildman–Crippen MR) is 50.3 cm³/mol. The second-order valence-corrected chi connectivity index (χ2v) is 3.12. The van der Waals surface area contributed by atoms with Crippen LogP contribution in [0.15, 0.2) is 0 Å². The molecular formula is C6H16BF4P. The molecule has 0 saturated heterocycles. The van der Waals surface area contributed by atoms with Crippen LogP contribution in [-0.4, -0.2) is 13.4 Å². The third-order valence-corrected chi connectivity index (χ3v) is 1.60. The maximum Gasteiger partial charge on any atom is 0.673 e. The lowest BCUT2D eigenvalue weighted by molar-refractivity contribution is 0.368. The summed E-state index contributed by atoms with van der Waals surface area (Å²) in [6.45, 7) is 2.25. The van der Waals surface area contributed by atoms with Gasteiger partial charge in [0.05, 0.1) is 6.16 Å². The average Bonchev–Trinajstić information content (AvgIpc) is 1.85. The summed E-state index contributed by atoms with van der Waals surface area (Å²) >= 11 is 0. The van der Waals surface area contributed by atoms with Crippen LogP contribution in [0, 0.1) is 0 Å². The van der Waals surface area contributed by atoms with Crippen LogP contribution < -0.4 is 0 Å². The third-order valence-electron chi connectivity index (χ3n) is 1.10. The fourth-order valence-electron chi connectivity index (χ4n) is 0.604. The lowest BCUT2D eigenvalue weighted by atomic mass is 10.2. The average molecular weight is 206 g/mol. The van der Waals surface area contributed by atoms with Gasteiger partial charge in [-0.3, -0.25) is 0 Å². The number of unbranched alkanes of at least 4 members (excludes halogenated alkanes) is 3. The molecule has 0 spiro atoms. The van der Waals surface area contributed by atoms with Crippen LogP contribution in [0.3, 0.4) is 0 Å². The van der Waals surface area contributed by atoms with Gasteiger partial charge in [0.1, 0.15) is 0 Å². The first-order chi connectivity index (χ1) is 5.41. The predicted octanol–water partition coefficient (Wildman–Crippen LogP) is 3.47. The van der Waals surface area contributed by atoms with Crippen LogP contribution in [0.25, 0.3) is 0 Å². The van der Waals surface area contributed by atoms with Crippen molar-refractivity contribution < 1.29 is 17.3 Å². The summed E-state index contributed by atoms with van der Waals surface area (Å²) in [5.74, 6) is 0. The van der Waals surface area contributed by atoms with Crippen molar-refractivity contribution in [3.8, 4) is 0 Å². The molecule has 0 aliphatic carbocycles. The minimum atomic E-state index is -6.00. The molecule has 0 aromatic rings. The van der Waals surface area contributed by atoms with Gasteiger partial charge in [0.15, 0.2) is 0 Å². The van der Waals surface area contributed by atoms with Gasteiger partial charge < -0.3 is 17.3 Å². The highest BCUT2D eigenvalue weighted by atomic mass is 31.0. The molecule has 12 heavy (non-hydrogen) atoms. The van der Waals surface area contributed by atoms with Gasteiger partial charge in [-0.1, -0.05) is 19.8 Å². The Balaban J connectivity index is 0. The van der Waals surface area contributed by atoms with Crippen molar-refractivity contribution in [1.29, 1.82) is 0 Å². The normalized spacial score (nSPS) is 10.8. The SMILES string of the molecule is CCCCCC[PH3+].F[B-](F)(F)F. The van der Waals surface area contributed by atoms with E-state index in [0.717, 1.165) is 0 Å². The molecule has 0 heterocycles. The van der Waals surface area contributed by atoms with Crippen molar-refractivity contribution in [2.45, 2.75) is 32.6 Å². The Labute approximate surface area is 73.4 Å². The van der Waals surface area contributed by atoms with E-state index in [4.69, 9.17) is 0 Å². The molecule has 0 aliphatic rings. The Kier molecular flexibility index (Phi) is 11.4. The van der Waals surface area contributed by atoms with Gasteiger partial charge in [-0.2, -0.15) is 0 Å². The van der Waals surface area contributed by atoms with Crippen molar-refractivity contribution in [1.82, 2.24) is 0 Å². The smallest absolute Gasteiger partial charge is 0.418 e. The molecule has 0 radical (unpaired) electrons. The van der Waals surface area contributed by atoms with E-state index in [0.29, 0.717) is 0 Å². The molecule has 6 heteroatoms. The standard InChI is InChI=1S/C6H15P.BF4/c1-2-3-4-5-6-7;2-1(3,4)5/h2-7H2,1H3;/q;-1/p+1. The first-order valence-electron chi connectivity index (χ1n) is 4.08. The maximum atomic E-state index is 9.75. The molecule has 0 saturated carbocycles. The van der Waals surface area contributed by atoms with Gasteiger partial charge in [-0.25, -0.2) is 0 Å². The Morgan fingerprint density at radius 1 is 1.00 bits per heavy atom. The van der Waals surface area contributed by atoms with Crippen LogP contribution in [-0.2, 0) is 0 Å². The van der Waals surface area contributed by atoms with E-state index in [2.05, 4.69) is 16.2 Å². The Morgan fingerprint density at radius 3 is 1.67 bits per heavy atom. The van der Waals surface area contributed by atoms with Gasteiger partial charge in [-0.15, -0.1) is 0 Å². The van der Waals surface area contributed by atoms with Crippen LogP contribution in [0.1, 0.15) is 32.6 Å². The van der Waals surface area contributed by atoms with Crippen molar-refractivity contribution in [3.63, 3.8) is 0 Å². The number of hydrogen-bond acceptors (Lipinski definition) is 0. The quantitative estimate of drug-likeness (QED) is 0.286. The van der Waals surface area contributed by atoms with Gasteiger partial charge in [0.2, 0.25) is 0 Å². The molecule has 0 bridgehead atoms. The van der Waals surface area contributed by atoms with Crippen molar-refractivity contribution in [3.05, 3.63) is 0 Å². The molecule has 0 aliphatic heterocycles. The molecule has 1 unspecified atom stereocenters. The van der Waals surface area contributed by atoms with Crippen molar-refractivity contribution in [2.75, 3.05) is 6.16 Å². The van der Waals surface area contributed by atoms with E-state index < -0.39 is 7.25 Å². The third kappa shape index (κ3) is 48.8. The lowest BCUT2D eigenvalue weighted by Gasteiger charge is -1.94. The summed E-state index contributed by atoms with van der Waals surface area (Å²) < 4.78 is 39.0. The molecule has 0 amide bonds. The zero-order valence-electron chi connectivity index (χ0n) is 7.33. The maximum absolute atomic E-state index is 9.75. The Hall–Kier alpha value is 0.215. The summed E-state index contributed by atoms with van der Waals surface area (Å²) in [6, 6.07) is 0. The number of rotatable bonds is 4. The van der Waals surface area contributed by atoms with E-state index in [1.54, 1.807) is 0 Å². The number of halogens is 4. The largest absolute Gasteiger partial charge is 0.673 e. The molecule has 76 valence electrons. The van der Waals surface area contributed by atoms with E-state index in [9.17, 15) is 17.3 Å². The molecule has 0 rings (SSSR count). The lowest BCUT2D eigenvalue weighted by Crippen LogP contribution is -2.02.